The molecular weight excluding hydrogens is 263 g/mol. The lowest BCUT2D eigenvalue weighted by atomic mass is 9.93. The van der Waals surface area contributed by atoms with Gasteiger partial charge in [-0.1, -0.05) is 17.7 Å². The van der Waals surface area contributed by atoms with E-state index in [0.717, 1.165) is 25.1 Å². The van der Waals surface area contributed by atoms with Crippen molar-refractivity contribution >= 4 is 11.6 Å². The van der Waals surface area contributed by atoms with E-state index in [4.69, 9.17) is 11.6 Å². The minimum atomic E-state index is -4.38. The Bertz CT molecular complexity index is 499. The Hall–Kier alpha value is -0.740. The molecule has 1 saturated heterocycles. The van der Waals surface area contributed by atoms with Gasteiger partial charge in [0.2, 0.25) is 0 Å². The van der Waals surface area contributed by atoms with Crippen molar-refractivity contribution in [1.29, 1.82) is 0 Å². The largest absolute Gasteiger partial charge is 0.417 e. The summed E-state index contributed by atoms with van der Waals surface area (Å²) in [5.41, 5.74) is 0.0177. The fourth-order valence-electron chi connectivity index (χ4n) is 3.23. The molecule has 5 heteroatoms. The van der Waals surface area contributed by atoms with Crippen LogP contribution in [0.25, 0.3) is 0 Å². The first-order chi connectivity index (χ1) is 8.33. The highest BCUT2D eigenvalue weighted by Gasteiger charge is 2.60. The first-order valence-electron chi connectivity index (χ1n) is 5.89. The Morgan fingerprint density at radius 3 is 2.67 bits per heavy atom. The van der Waals surface area contributed by atoms with Gasteiger partial charge in [0.05, 0.1) is 10.6 Å². The van der Waals surface area contributed by atoms with E-state index in [-0.39, 0.29) is 10.4 Å². The molecular formula is C13H13ClF3N. The van der Waals surface area contributed by atoms with Crippen LogP contribution in [0.1, 0.15) is 17.5 Å². The van der Waals surface area contributed by atoms with Crippen LogP contribution in [0.3, 0.4) is 0 Å². The molecule has 1 aliphatic carbocycles. The molecule has 98 valence electrons. The molecule has 0 amide bonds. The second-order valence-electron chi connectivity index (χ2n) is 5.45. The van der Waals surface area contributed by atoms with Gasteiger partial charge in [0.1, 0.15) is 0 Å². The maximum Gasteiger partial charge on any atom is 0.417 e. The van der Waals surface area contributed by atoms with E-state index in [0.29, 0.717) is 5.92 Å². The topological polar surface area (TPSA) is 3.24 Å². The molecule has 1 aliphatic heterocycles. The van der Waals surface area contributed by atoms with E-state index in [9.17, 15) is 13.2 Å². The Morgan fingerprint density at radius 2 is 2.11 bits per heavy atom. The number of likely N-dealkylation sites (N-methyl/N-ethyl adjacent to an activating group) is 1. The molecule has 0 N–H and O–H groups in total. The monoisotopic (exact) mass is 275 g/mol. The van der Waals surface area contributed by atoms with Gasteiger partial charge >= 0.3 is 6.18 Å². The molecule has 0 unspecified atom stereocenters. The summed E-state index contributed by atoms with van der Waals surface area (Å²) in [7, 11) is 2.01. The van der Waals surface area contributed by atoms with Gasteiger partial charge in [-0.3, -0.25) is 0 Å². The van der Waals surface area contributed by atoms with Gasteiger partial charge in [0, 0.05) is 18.5 Å². The van der Waals surface area contributed by atoms with Crippen molar-refractivity contribution in [2.75, 3.05) is 20.1 Å². The number of hydrogen-bond acceptors (Lipinski definition) is 1. The van der Waals surface area contributed by atoms with E-state index >= 15 is 0 Å². The van der Waals surface area contributed by atoms with Gasteiger partial charge < -0.3 is 4.90 Å². The fourth-order valence-corrected chi connectivity index (χ4v) is 3.46. The summed E-state index contributed by atoms with van der Waals surface area (Å²) in [6.07, 6.45) is -3.38. The summed E-state index contributed by atoms with van der Waals surface area (Å²) < 4.78 is 38.5. The number of alkyl halides is 3. The van der Waals surface area contributed by atoms with E-state index in [1.54, 1.807) is 6.07 Å². The van der Waals surface area contributed by atoms with Gasteiger partial charge in [-0.2, -0.15) is 13.2 Å². The number of halogens is 4. The van der Waals surface area contributed by atoms with Gasteiger partial charge in [-0.05, 0) is 37.1 Å². The first kappa shape index (κ1) is 12.3. The van der Waals surface area contributed by atoms with Crippen molar-refractivity contribution in [3.8, 4) is 0 Å². The molecule has 1 saturated carbocycles. The van der Waals surface area contributed by atoms with Crippen molar-refractivity contribution in [3.63, 3.8) is 0 Å². The van der Waals surface area contributed by atoms with Crippen LogP contribution < -0.4 is 0 Å². The predicted molar refractivity (Wildman–Crippen MR) is 63.7 cm³/mol. The van der Waals surface area contributed by atoms with Crippen molar-refractivity contribution in [1.82, 2.24) is 4.90 Å². The predicted octanol–water partition coefficient (Wildman–Crippen LogP) is 3.56. The molecule has 1 aromatic carbocycles. The number of piperidine rings is 1. The third-order valence-corrected chi connectivity index (χ3v) is 4.49. The average Bonchev–Trinajstić information content (AvgIpc) is 2.81. The maximum atomic E-state index is 12.8. The minimum Gasteiger partial charge on any atom is -0.305 e. The van der Waals surface area contributed by atoms with Crippen molar-refractivity contribution in [3.05, 3.63) is 34.3 Å². The SMILES string of the molecule is CN1C[C@@H]2C[C@@]2(c2ccc(Cl)c(C(F)(F)F)c2)C1. The molecule has 1 heterocycles. The van der Waals surface area contributed by atoms with E-state index in [1.165, 1.54) is 12.1 Å². The fraction of sp³-hybridized carbons (Fsp3) is 0.538. The molecule has 2 aliphatic rings. The van der Waals surface area contributed by atoms with Crippen molar-refractivity contribution in [2.45, 2.75) is 18.0 Å². The third-order valence-electron chi connectivity index (χ3n) is 4.16. The van der Waals surface area contributed by atoms with Crippen LogP contribution in [0.5, 0.6) is 0 Å². The summed E-state index contributed by atoms with van der Waals surface area (Å²) >= 11 is 5.64. The Kier molecular flexibility index (Phi) is 2.49. The summed E-state index contributed by atoms with van der Waals surface area (Å²) in [5.74, 6) is 0.504. The zero-order valence-corrected chi connectivity index (χ0v) is 10.6. The number of benzene rings is 1. The van der Waals surface area contributed by atoms with Gasteiger partial charge in [-0.25, -0.2) is 0 Å². The van der Waals surface area contributed by atoms with E-state index in [2.05, 4.69) is 4.90 Å². The Morgan fingerprint density at radius 1 is 1.39 bits per heavy atom. The third kappa shape index (κ3) is 1.74. The number of likely N-dealkylation sites (tertiary alicyclic amines) is 1. The highest BCUT2D eigenvalue weighted by atomic mass is 35.5. The number of nitrogens with zero attached hydrogens (tertiary/aromatic N) is 1. The molecule has 0 aromatic heterocycles. The van der Waals surface area contributed by atoms with Crippen molar-refractivity contribution < 1.29 is 13.2 Å². The smallest absolute Gasteiger partial charge is 0.305 e. The molecule has 3 rings (SSSR count). The minimum absolute atomic E-state index is 0.0562. The lowest BCUT2D eigenvalue weighted by Gasteiger charge is -2.18. The molecule has 0 radical (unpaired) electrons. The highest BCUT2D eigenvalue weighted by Crippen LogP contribution is 2.59. The average molecular weight is 276 g/mol. The molecule has 1 aromatic rings. The van der Waals surface area contributed by atoms with Crippen LogP contribution in [0.15, 0.2) is 18.2 Å². The van der Waals surface area contributed by atoms with Crippen LogP contribution in [0.2, 0.25) is 5.02 Å². The second-order valence-corrected chi connectivity index (χ2v) is 5.85. The summed E-state index contributed by atoms with van der Waals surface area (Å²) in [6.45, 7) is 1.82. The van der Waals surface area contributed by atoms with Crippen LogP contribution in [0.4, 0.5) is 13.2 Å². The van der Waals surface area contributed by atoms with Gasteiger partial charge in [0.25, 0.3) is 0 Å². The number of hydrogen-bond donors (Lipinski definition) is 0. The lowest BCUT2D eigenvalue weighted by molar-refractivity contribution is -0.137. The van der Waals surface area contributed by atoms with Crippen LogP contribution in [-0.4, -0.2) is 25.0 Å². The van der Waals surface area contributed by atoms with Gasteiger partial charge in [0.15, 0.2) is 0 Å². The Balaban J connectivity index is 2.00. The maximum absolute atomic E-state index is 12.8. The van der Waals surface area contributed by atoms with Crippen molar-refractivity contribution in [2.24, 2.45) is 5.92 Å². The Labute approximate surface area is 109 Å². The molecule has 0 spiro atoms. The summed E-state index contributed by atoms with van der Waals surface area (Å²) in [5, 5.41) is -0.216. The first-order valence-corrected chi connectivity index (χ1v) is 6.26. The molecule has 2 atom stereocenters. The van der Waals surface area contributed by atoms with E-state index in [1.807, 2.05) is 7.05 Å². The van der Waals surface area contributed by atoms with Crippen LogP contribution >= 0.6 is 11.6 Å². The van der Waals surface area contributed by atoms with Crippen LogP contribution in [-0.2, 0) is 11.6 Å². The molecule has 0 bridgehead atoms. The lowest BCUT2D eigenvalue weighted by Crippen LogP contribution is -2.22. The summed E-state index contributed by atoms with van der Waals surface area (Å²) in [6, 6.07) is 4.36. The quantitative estimate of drug-likeness (QED) is 0.757. The molecule has 18 heavy (non-hydrogen) atoms. The number of fused-ring (bicyclic) bond motifs is 1. The normalized spacial score (nSPS) is 31.5. The number of rotatable bonds is 1. The van der Waals surface area contributed by atoms with Crippen LogP contribution in [0, 0.1) is 5.92 Å². The highest BCUT2D eigenvalue weighted by molar-refractivity contribution is 6.31. The summed E-state index contributed by atoms with van der Waals surface area (Å²) in [4.78, 5) is 2.18. The standard InChI is InChI=1S/C13H13ClF3N/c1-18-6-9-5-12(9,7-18)8-2-3-11(14)10(4-8)13(15,16)17/h2-4,9H,5-7H2,1H3/t9-,12-/m0/s1. The zero-order valence-electron chi connectivity index (χ0n) is 9.89. The molecule has 1 nitrogen and oxygen atoms in total. The van der Waals surface area contributed by atoms with Gasteiger partial charge in [-0.15, -0.1) is 0 Å². The molecule has 2 fully saturated rings. The zero-order chi connectivity index (χ0) is 13.1. The van der Waals surface area contributed by atoms with E-state index < -0.39 is 11.7 Å². The second kappa shape index (κ2) is 3.64.